The minimum absolute atomic E-state index is 0.315. The van der Waals surface area contributed by atoms with Crippen LogP contribution in [0.15, 0.2) is 88.3 Å². The van der Waals surface area contributed by atoms with Crippen molar-refractivity contribution in [2.75, 3.05) is 16.3 Å². The van der Waals surface area contributed by atoms with Crippen molar-refractivity contribution >= 4 is 46.6 Å². The molecule has 3 aromatic rings. The highest BCUT2D eigenvalue weighted by molar-refractivity contribution is 8.04. The minimum atomic E-state index is -0.317. The smallest absolute Gasteiger partial charge is 0.283 e. The third kappa shape index (κ3) is 4.31. The van der Waals surface area contributed by atoms with Crippen LogP contribution in [0.3, 0.4) is 0 Å². The molecule has 4 nitrogen and oxygen atoms in total. The number of amides is 2. The molecule has 6 heteroatoms. The molecule has 0 aliphatic carbocycles. The molecule has 0 spiro atoms. The van der Waals surface area contributed by atoms with Gasteiger partial charge in [0.05, 0.1) is 5.69 Å². The van der Waals surface area contributed by atoms with Gasteiger partial charge in [0, 0.05) is 22.2 Å². The molecule has 1 aliphatic rings. The quantitative estimate of drug-likeness (QED) is 0.399. The first-order valence-electron chi connectivity index (χ1n) is 10.4. The lowest BCUT2D eigenvalue weighted by Gasteiger charge is -2.24. The fourth-order valence-corrected chi connectivity index (χ4v) is 4.95. The third-order valence-corrected chi connectivity index (χ3v) is 6.50. The molecular weight excluding hydrogens is 440 g/mol. The highest BCUT2D eigenvalue weighted by atomic mass is 35.5. The molecule has 0 fully saturated rings. The molecule has 0 saturated heterocycles. The largest absolute Gasteiger partial charge is 0.336 e. The zero-order valence-corrected chi connectivity index (χ0v) is 19.7. The first-order chi connectivity index (χ1) is 15.4. The molecule has 0 atom stereocenters. The van der Waals surface area contributed by atoms with E-state index in [1.807, 2.05) is 86.3 Å². The topological polar surface area (TPSA) is 40.6 Å². The van der Waals surface area contributed by atoms with Crippen LogP contribution in [-0.2, 0) is 9.59 Å². The number of rotatable bonds is 6. The first-order valence-corrected chi connectivity index (χ1v) is 11.6. The first kappa shape index (κ1) is 22.2. The summed E-state index contributed by atoms with van der Waals surface area (Å²) in [5.41, 5.74) is 3.84. The molecule has 1 heterocycles. The van der Waals surface area contributed by atoms with Gasteiger partial charge in [-0.15, -0.1) is 0 Å². The summed E-state index contributed by atoms with van der Waals surface area (Å²) in [6, 6.07) is 22.7. The van der Waals surface area contributed by atoms with E-state index in [-0.39, 0.29) is 11.8 Å². The summed E-state index contributed by atoms with van der Waals surface area (Å²) in [4.78, 5) is 31.8. The van der Waals surface area contributed by atoms with Gasteiger partial charge in [-0.3, -0.25) is 9.59 Å². The van der Waals surface area contributed by atoms with E-state index >= 15 is 0 Å². The van der Waals surface area contributed by atoms with Gasteiger partial charge in [-0.25, -0.2) is 4.90 Å². The Labute approximate surface area is 197 Å². The number of halogens is 1. The number of likely N-dealkylation sites (N-methyl/N-ethyl adjacent to an activating group) is 1. The minimum Gasteiger partial charge on any atom is -0.336 e. The number of hydrogen-bond donors (Lipinski definition) is 0. The molecule has 0 N–H and O–H groups in total. The van der Waals surface area contributed by atoms with Gasteiger partial charge in [0.1, 0.15) is 10.6 Å². The second-order valence-corrected chi connectivity index (χ2v) is 9.13. The summed E-state index contributed by atoms with van der Waals surface area (Å²) in [6.45, 7) is 6.44. The molecule has 0 aromatic heterocycles. The third-order valence-electron chi connectivity index (χ3n) is 5.17. The fourth-order valence-electron chi connectivity index (χ4n) is 3.84. The molecule has 0 unspecified atom stereocenters. The Bertz CT molecular complexity index is 1190. The van der Waals surface area contributed by atoms with Crippen LogP contribution in [0, 0.1) is 13.8 Å². The van der Waals surface area contributed by atoms with Crippen LogP contribution in [-0.4, -0.2) is 18.4 Å². The van der Waals surface area contributed by atoms with Gasteiger partial charge < -0.3 is 4.90 Å². The summed E-state index contributed by atoms with van der Waals surface area (Å²) >= 11 is 7.33. The molecule has 0 saturated carbocycles. The van der Waals surface area contributed by atoms with Gasteiger partial charge in [-0.2, -0.15) is 0 Å². The van der Waals surface area contributed by atoms with Crippen LogP contribution >= 0.6 is 23.4 Å². The summed E-state index contributed by atoms with van der Waals surface area (Å²) in [5, 5.41) is 0.619. The van der Waals surface area contributed by atoms with Crippen LogP contribution in [0.5, 0.6) is 0 Å². The number of hydrogen-bond acceptors (Lipinski definition) is 4. The Morgan fingerprint density at radius 2 is 1.50 bits per heavy atom. The predicted molar refractivity (Wildman–Crippen MR) is 132 cm³/mol. The van der Waals surface area contributed by atoms with Gasteiger partial charge in [-0.05, 0) is 80.4 Å². The van der Waals surface area contributed by atoms with Gasteiger partial charge in [-0.1, -0.05) is 47.6 Å². The summed E-state index contributed by atoms with van der Waals surface area (Å²) in [6.07, 6.45) is 0. The highest BCUT2D eigenvalue weighted by Gasteiger charge is 2.42. The Balaban J connectivity index is 1.84. The van der Waals surface area contributed by atoms with Gasteiger partial charge in [0.15, 0.2) is 0 Å². The van der Waals surface area contributed by atoms with Gasteiger partial charge in [0.25, 0.3) is 11.8 Å². The average molecular weight is 463 g/mol. The fraction of sp³-hybridized carbons (Fsp3) is 0.154. The van der Waals surface area contributed by atoms with Crippen molar-refractivity contribution in [2.24, 2.45) is 0 Å². The maximum Gasteiger partial charge on any atom is 0.283 e. The van der Waals surface area contributed by atoms with E-state index in [4.69, 9.17) is 11.6 Å². The van der Waals surface area contributed by atoms with Crippen LogP contribution in [0.2, 0.25) is 5.02 Å². The zero-order chi connectivity index (χ0) is 22.8. The lowest BCUT2D eigenvalue weighted by molar-refractivity contribution is -0.120. The molecule has 0 bridgehead atoms. The van der Waals surface area contributed by atoms with Crippen molar-refractivity contribution in [3.8, 4) is 0 Å². The number of anilines is 2. The maximum absolute atomic E-state index is 13.7. The van der Waals surface area contributed by atoms with Crippen molar-refractivity contribution in [2.45, 2.75) is 25.7 Å². The number of aryl methyl sites for hydroxylation is 2. The van der Waals surface area contributed by atoms with E-state index < -0.39 is 0 Å². The molecule has 3 aromatic carbocycles. The summed E-state index contributed by atoms with van der Waals surface area (Å²) in [5.74, 6) is -0.633. The average Bonchev–Trinajstić information content (AvgIpc) is 3.00. The Morgan fingerprint density at radius 1 is 0.875 bits per heavy atom. The van der Waals surface area contributed by atoms with Crippen molar-refractivity contribution in [1.29, 1.82) is 0 Å². The summed E-state index contributed by atoms with van der Waals surface area (Å²) in [7, 11) is 0. The van der Waals surface area contributed by atoms with Crippen LogP contribution in [0.25, 0.3) is 0 Å². The van der Waals surface area contributed by atoms with Gasteiger partial charge >= 0.3 is 0 Å². The Kier molecular flexibility index (Phi) is 6.40. The number of thioether (sulfide) groups is 1. The number of imide groups is 1. The van der Waals surface area contributed by atoms with E-state index in [0.717, 1.165) is 21.7 Å². The number of benzene rings is 3. The lowest BCUT2D eigenvalue weighted by atomic mass is 10.1. The van der Waals surface area contributed by atoms with Crippen LogP contribution < -0.4 is 9.80 Å². The summed E-state index contributed by atoms with van der Waals surface area (Å²) < 4.78 is 0. The predicted octanol–water partition coefficient (Wildman–Crippen LogP) is 6.36. The second kappa shape index (κ2) is 9.23. The van der Waals surface area contributed by atoms with Crippen LogP contribution in [0.4, 0.5) is 11.4 Å². The highest BCUT2D eigenvalue weighted by Crippen LogP contribution is 2.40. The molecule has 32 heavy (non-hydrogen) atoms. The van der Waals surface area contributed by atoms with E-state index in [9.17, 15) is 9.59 Å². The van der Waals surface area contributed by atoms with Crippen molar-refractivity contribution < 1.29 is 9.59 Å². The number of carbonyl (C=O) groups is 2. The van der Waals surface area contributed by atoms with E-state index in [1.165, 1.54) is 16.7 Å². The van der Waals surface area contributed by atoms with E-state index in [2.05, 4.69) is 0 Å². The molecule has 162 valence electrons. The van der Waals surface area contributed by atoms with Crippen molar-refractivity contribution in [1.82, 2.24) is 0 Å². The molecule has 0 radical (unpaired) electrons. The van der Waals surface area contributed by atoms with E-state index in [0.29, 0.717) is 27.9 Å². The second-order valence-electron chi connectivity index (χ2n) is 7.61. The number of carbonyl (C=O) groups excluding carboxylic acids is 2. The molecule has 4 rings (SSSR count). The Hall–Kier alpha value is -3.02. The van der Waals surface area contributed by atoms with Crippen molar-refractivity contribution in [3.63, 3.8) is 0 Å². The maximum atomic E-state index is 13.7. The monoisotopic (exact) mass is 462 g/mol. The number of nitrogens with zero attached hydrogens (tertiary/aromatic N) is 2. The normalized spacial score (nSPS) is 13.8. The van der Waals surface area contributed by atoms with E-state index in [1.54, 1.807) is 12.1 Å². The molecule has 1 aliphatic heterocycles. The Morgan fingerprint density at radius 3 is 2.09 bits per heavy atom. The van der Waals surface area contributed by atoms with Crippen LogP contribution in [0.1, 0.15) is 18.1 Å². The zero-order valence-electron chi connectivity index (χ0n) is 18.1. The SMILES string of the molecule is CCN(C1=C(Sc2ccc(Cl)cc2)C(=O)N(c2cc(C)cc(C)c2)C1=O)c1ccccc1. The standard InChI is InChI=1S/C26H23ClN2O2S/c1-4-28(20-8-6-5-7-9-20)23-24(32-22-12-10-19(27)11-13-22)26(31)29(25(23)30)21-15-17(2)14-18(3)16-21/h5-16H,4H2,1-3H3. The molecular formula is C26H23ClN2O2S. The van der Waals surface area contributed by atoms with Crippen molar-refractivity contribution in [3.05, 3.63) is 99.5 Å². The lowest BCUT2D eigenvalue weighted by Crippen LogP contribution is -2.35. The van der Waals surface area contributed by atoms with Gasteiger partial charge in [0.2, 0.25) is 0 Å². The molecule has 2 amide bonds. The number of para-hydroxylation sites is 1.